The zero-order chi connectivity index (χ0) is 20.3. The predicted octanol–water partition coefficient (Wildman–Crippen LogP) is 4.88. The molecule has 5 nitrogen and oxygen atoms in total. The van der Waals surface area contributed by atoms with Crippen LogP contribution in [-0.4, -0.2) is 20.7 Å². The van der Waals surface area contributed by atoms with Gasteiger partial charge in [-0.15, -0.1) is 0 Å². The first-order valence-corrected chi connectivity index (χ1v) is 10.9. The molecule has 4 aromatic rings. The van der Waals surface area contributed by atoms with Crippen LogP contribution in [0.4, 0.5) is 0 Å². The van der Waals surface area contributed by atoms with Crippen molar-refractivity contribution in [1.82, 2.24) is 20.0 Å². The van der Waals surface area contributed by atoms with E-state index in [1.165, 1.54) is 30.3 Å². The Bertz CT molecular complexity index is 1110. The van der Waals surface area contributed by atoms with Crippen molar-refractivity contribution in [3.63, 3.8) is 0 Å². The maximum atomic E-state index is 5.47. The van der Waals surface area contributed by atoms with Crippen LogP contribution in [0.1, 0.15) is 42.1 Å². The van der Waals surface area contributed by atoms with Crippen molar-refractivity contribution in [1.29, 1.82) is 0 Å². The summed E-state index contributed by atoms with van der Waals surface area (Å²) in [4.78, 5) is 4.95. The van der Waals surface area contributed by atoms with Gasteiger partial charge in [0.2, 0.25) is 0 Å². The molecule has 1 fully saturated rings. The molecule has 1 saturated carbocycles. The zero-order valence-corrected chi connectivity index (χ0v) is 17.4. The lowest BCUT2D eigenvalue weighted by molar-refractivity contribution is 0.327. The lowest BCUT2D eigenvalue weighted by Gasteiger charge is -2.20. The third kappa shape index (κ3) is 4.03. The van der Waals surface area contributed by atoms with Crippen molar-refractivity contribution in [2.45, 2.75) is 51.7 Å². The quantitative estimate of drug-likeness (QED) is 0.480. The van der Waals surface area contributed by atoms with Crippen molar-refractivity contribution in [3.05, 3.63) is 83.5 Å². The van der Waals surface area contributed by atoms with Gasteiger partial charge in [-0.3, -0.25) is 0 Å². The molecule has 0 spiro atoms. The minimum atomic E-state index is 0.486. The summed E-state index contributed by atoms with van der Waals surface area (Å²) in [6.07, 6.45) is 4.66. The lowest BCUT2D eigenvalue weighted by Crippen LogP contribution is -2.33. The summed E-state index contributed by atoms with van der Waals surface area (Å²) in [6, 6.07) is 21.6. The molecule has 2 aromatic carbocycles. The normalized spacial score (nSPS) is 19.0. The molecule has 5 rings (SSSR count). The molecule has 0 radical (unpaired) electrons. The van der Waals surface area contributed by atoms with Gasteiger partial charge < -0.3 is 14.4 Å². The number of imidazole rings is 1. The molecule has 0 amide bonds. The zero-order valence-electron chi connectivity index (χ0n) is 17.4. The molecule has 1 aliphatic rings. The minimum Gasteiger partial charge on any atom is -0.361 e. The summed E-state index contributed by atoms with van der Waals surface area (Å²) in [6.45, 7) is 3.59. The Kier molecular flexibility index (Phi) is 5.37. The molecule has 154 valence electrons. The number of benzene rings is 2. The topological polar surface area (TPSA) is 55.9 Å². The van der Waals surface area contributed by atoms with Gasteiger partial charge in [-0.1, -0.05) is 54.0 Å². The number of para-hydroxylation sites is 2. The molecule has 0 unspecified atom stereocenters. The average molecular weight is 401 g/mol. The van der Waals surface area contributed by atoms with Crippen LogP contribution in [-0.2, 0) is 19.5 Å². The largest absolute Gasteiger partial charge is 0.361 e. The average Bonchev–Trinajstić information content (AvgIpc) is 3.47. The van der Waals surface area contributed by atoms with Crippen LogP contribution in [0.5, 0.6) is 0 Å². The standard InChI is InChI=1S/C25H28N4O/c1-18-14-21(30-28-18)15-20-10-7-12-22(20)26-16-25-27-23-11-5-6-13-24(23)29(25)17-19-8-3-2-4-9-19/h2-6,8-9,11,13-14,20,22,26H,7,10,12,15-17H2,1H3/t20-,22+/m0/s1. The first kappa shape index (κ1) is 19.1. The fourth-order valence-electron chi connectivity index (χ4n) is 4.75. The summed E-state index contributed by atoms with van der Waals surface area (Å²) in [5.41, 5.74) is 4.51. The van der Waals surface area contributed by atoms with Crippen molar-refractivity contribution in [2.75, 3.05) is 0 Å². The third-order valence-electron chi connectivity index (χ3n) is 6.24. The second-order valence-corrected chi connectivity index (χ2v) is 8.41. The van der Waals surface area contributed by atoms with Crippen LogP contribution >= 0.6 is 0 Å². The lowest BCUT2D eigenvalue weighted by atomic mass is 9.98. The SMILES string of the molecule is Cc1cc(C[C@@H]2CCC[C@H]2NCc2nc3ccccc3n2Cc2ccccc2)on1. The van der Waals surface area contributed by atoms with Gasteiger partial charge in [0.25, 0.3) is 0 Å². The maximum Gasteiger partial charge on any atom is 0.137 e. The van der Waals surface area contributed by atoms with Gasteiger partial charge in [0.1, 0.15) is 11.6 Å². The highest BCUT2D eigenvalue weighted by molar-refractivity contribution is 5.76. The number of rotatable bonds is 7. The highest BCUT2D eigenvalue weighted by atomic mass is 16.5. The Balaban J connectivity index is 1.34. The van der Waals surface area contributed by atoms with Crippen molar-refractivity contribution in [2.24, 2.45) is 5.92 Å². The number of hydrogen-bond donors (Lipinski definition) is 1. The van der Waals surface area contributed by atoms with Crippen molar-refractivity contribution in [3.8, 4) is 0 Å². The summed E-state index contributed by atoms with van der Waals surface area (Å²) in [5, 5.41) is 7.86. The van der Waals surface area contributed by atoms with Crippen LogP contribution in [0.25, 0.3) is 11.0 Å². The molecule has 0 aliphatic heterocycles. The molecule has 30 heavy (non-hydrogen) atoms. The number of nitrogens with one attached hydrogen (secondary N) is 1. The van der Waals surface area contributed by atoms with E-state index in [-0.39, 0.29) is 0 Å². The maximum absolute atomic E-state index is 5.47. The van der Waals surface area contributed by atoms with Gasteiger partial charge >= 0.3 is 0 Å². The van der Waals surface area contributed by atoms with E-state index in [1.807, 2.05) is 6.92 Å². The molecule has 2 aromatic heterocycles. The van der Waals surface area contributed by atoms with Crippen LogP contribution in [0.15, 0.2) is 65.2 Å². The Morgan fingerprint density at radius 3 is 2.73 bits per heavy atom. The fourth-order valence-corrected chi connectivity index (χ4v) is 4.75. The van der Waals surface area contributed by atoms with E-state index >= 15 is 0 Å². The highest BCUT2D eigenvalue weighted by Gasteiger charge is 2.28. The Morgan fingerprint density at radius 2 is 1.90 bits per heavy atom. The molecule has 0 bridgehead atoms. The van der Waals surface area contributed by atoms with Gasteiger partial charge in [-0.05, 0) is 43.4 Å². The van der Waals surface area contributed by atoms with Crippen LogP contribution in [0.2, 0.25) is 0 Å². The van der Waals surface area contributed by atoms with Crippen LogP contribution in [0, 0.1) is 12.8 Å². The van der Waals surface area contributed by atoms with E-state index in [2.05, 4.69) is 75.7 Å². The molecule has 2 heterocycles. The molecule has 5 heteroatoms. The van der Waals surface area contributed by atoms with E-state index in [1.54, 1.807) is 0 Å². The van der Waals surface area contributed by atoms with Gasteiger partial charge in [0.05, 0.1) is 23.3 Å². The number of aromatic nitrogens is 3. The summed E-state index contributed by atoms with van der Waals surface area (Å²) >= 11 is 0. The number of nitrogens with zero attached hydrogens (tertiary/aromatic N) is 3. The first-order chi connectivity index (χ1) is 14.8. The number of fused-ring (bicyclic) bond motifs is 1. The van der Waals surface area contributed by atoms with Gasteiger partial charge in [0.15, 0.2) is 0 Å². The second-order valence-electron chi connectivity index (χ2n) is 8.41. The van der Waals surface area contributed by atoms with Gasteiger partial charge in [0, 0.05) is 25.1 Å². The third-order valence-corrected chi connectivity index (χ3v) is 6.24. The van der Waals surface area contributed by atoms with E-state index in [4.69, 9.17) is 9.51 Å². The van der Waals surface area contributed by atoms with Crippen LogP contribution in [0.3, 0.4) is 0 Å². The van der Waals surface area contributed by atoms with E-state index in [0.29, 0.717) is 12.0 Å². The van der Waals surface area contributed by atoms with Crippen molar-refractivity contribution >= 4 is 11.0 Å². The summed E-state index contributed by atoms with van der Waals surface area (Å²) in [5.74, 6) is 2.69. The van der Waals surface area contributed by atoms with E-state index in [9.17, 15) is 0 Å². The minimum absolute atomic E-state index is 0.486. The molecular weight excluding hydrogens is 372 g/mol. The van der Waals surface area contributed by atoms with Gasteiger partial charge in [-0.2, -0.15) is 0 Å². The number of hydrogen-bond acceptors (Lipinski definition) is 4. The first-order valence-electron chi connectivity index (χ1n) is 10.9. The summed E-state index contributed by atoms with van der Waals surface area (Å²) < 4.78 is 7.82. The van der Waals surface area contributed by atoms with Crippen LogP contribution < -0.4 is 5.32 Å². The molecule has 0 saturated heterocycles. The Labute approximate surface area is 177 Å². The summed E-state index contributed by atoms with van der Waals surface area (Å²) in [7, 11) is 0. The highest BCUT2D eigenvalue weighted by Crippen LogP contribution is 2.29. The molecule has 1 aliphatic carbocycles. The van der Waals surface area contributed by atoms with Crippen molar-refractivity contribution < 1.29 is 4.52 Å². The molecule has 1 N–H and O–H groups in total. The van der Waals surface area contributed by atoms with E-state index in [0.717, 1.165) is 42.3 Å². The Morgan fingerprint density at radius 1 is 1.07 bits per heavy atom. The number of aryl methyl sites for hydroxylation is 1. The van der Waals surface area contributed by atoms with Gasteiger partial charge in [-0.25, -0.2) is 4.98 Å². The predicted molar refractivity (Wildman–Crippen MR) is 118 cm³/mol. The smallest absolute Gasteiger partial charge is 0.137 e. The monoisotopic (exact) mass is 400 g/mol. The second kappa shape index (κ2) is 8.44. The molecular formula is C25H28N4O. The Hall–Kier alpha value is -2.92. The van der Waals surface area contributed by atoms with E-state index < -0.39 is 0 Å². The molecule has 2 atom stereocenters. The fraction of sp³-hybridized carbons (Fsp3) is 0.360.